The molecule has 2 aliphatic heterocycles. The van der Waals surface area contributed by atoms with Crippen LogP contribution in [-0.4, -0.2) is 95.2 Å². The fourth-order valence-electron chi connectivity index (χ4n) is 8.06. The first-order valence-corrected chi connectivity index (χ1v) is 38.4. The Bertz CT molecular complexity index is 1750. The second-order valence-corrected chi connectivity index (χ2v) is 46.7. The number of allylic oxidation sites excluding steroid dienone is 3. The minimum atomic E-state index is -2.17. The highest BCUT2D eigenvalue weighted by Crippen LogP contribution is 2.47. The van der Waals surface area contributed by atoms with Crippen LogP contribution in [0.15, 0.2) is 47.6 Å². The Morgan fingerprint density at radius 3 is 1.65 bits per heavy atom. The summed E-state index contributed by atoms with van der Waals surface area (Å²) in [4.78, 5) is 14.0. The maximum Gasteiger partial charge on any atom is 0.334 e. The van der Waals surface area contributed by atoms with Gasteiger partial charge < -0.3 is 31.9 Å². The first kappa shape index (κ1) is 64.2. The number of rotatable bonds is 18. The summed E-state index contributed by atoms with van der Waals surface area (Å²) >= 11 is 0. The zero-order chi connectivity index (χ0) is 53.7. The average molecular weight is 1040 g/mol. The van der Waals surface area contributed by atoms with Crippen LogP contribution >= 0.6 is 0 Å². The van der Waals surface area contributed by atoms with Gasteiger partial charge >= 0.3 is 5.97 Å². The van der Waals surface area contributed by atoms with Crippen molar-refractivity contribution < 1.29 is 36.7 Å². The largest absolute Gasteiger partial charge is 0.458 e. The lowest BCUT2D eigenvalue weighted by molar-refractivity contribution is -0.146. The summed E-state index contributed by atoms with van der Waals surface area (Å²) in [5.74, 6) is 0.128. The van der Waals surface area contributed by atoms with E-state index >= 15 is 0 Å². The third-order valence-corrected chi connectivity index (χ3v) is 35.6. The first-order chi connectivity index (χ1) is 31.0. The third-order valence-electron chi connectivity index (χ3n) is 17.6. The average Bonchev–Trinajstić information content (AvgIpc) is 3.98. The van der Waals surface area contributed by atoms with Crippen LogP contribution < -0.4 is 0 Å². The topological polar surface area (TPSA) is 85.0 Å². The molecule has 2 aliphatic rings. The molecular weight excluding hydrogens is 925 g/mol. The molecule has 0 spiro atoms. The molecule has 0 N–H and O–H groups in total. The molecule has 0 aliphatic carbocycles. The standard InChI is InChI=1S/C57H110O8Si4/c1-39-37-41(3)49(64-68(25,26)56(14,15)16)52-51(61-52)48(63-67(23,24)55(11,12)13)36-32-31-34-46(60-53(58)42(4)38-39)40(2)33-29-30-35-47(62-66(21,22)54(8,9)10)44(6)50(43(5)45(7)59-20)65-69(27,28)57(17,18)19/h29-32,37-38,40-41,43-52H,33-36H2,1-28H3/b30-29+,32-31+,39-37+,42-38+/t40-,41+,43+,44+,45-,46-,47-,48+,49-,50-,51-,52-/m0/s1. The van der Waals surface area contributed by atoms with Crippen molar-refractivity contribution in [1.82, 2.24) is 0 Å². The van der Waals surface area contributed by atoms with E-state index in [1.54, 1.807) is 7.11 Å². The Labute approximate surface area is 430 Å². The van der Waals surface area contributed by atoms with Gasteiger partial charge in [0.05, 0.1) is 30.5 Å². The predicted octanol–water partition coefficient (Wildman–Crippen LogP) is 16.4. The minimum absolute atomic E-state index is 0.0354. The molecule has 0 unspecified atom stereocenters. The van der Waals surface area contributed by atoms with Gasteiger partial charge in [0.2, 0.25) is 0 Å². The van der Waals surface area contributed by atoms with Gasteiger partial charge in [-0.2, -0.15) is 0 Å². The molecular formula is C57H110O8Si4. The van der Waals surface area contributed by atoms with Gasteiger partial charge in [0.1, 0.15) is 18.3 Å². The number of carbonyl (C=O) groups is 1. The van der Waals surface area contributed by atoms with Gasteiger partial charge in [-0.15, -0.1) is 0 Å². The summed E-state index contributed by atoms with van der Waals surface area (Å²) in [7, 11) is -6.83. The number of hydrogen-bond acceptors (Lipinski definition) is 8. The molecule has 402 valence electrons. The van der Waals surface area contributed by atoms with E-state index in [-0.39, 0.29) is 98.6 Å². The predicted molar refractivity (Wildman–Crippen MR) is 304 cm³/mol. The lowest BCUT2D eigenvalue weighted by Gasteiger charge is -2.47. The van der Waals surface area contributed by atoms with Crippen molar-refractivity contribution in [2.45, 2.75) is 279 Å². The van der Waals surface area contributed by atoms with Gasteiger partial charge in [-0.1, -0.05) is 147 Å². The lowest BCUT2D eigenvalue weighted by Crippen LogP contribution is -2.53. The van der Waals surface area contributed by atoms with Crippen molar-refractivity contribution in [3.05, 3.63) is 47.6 Å². The van der Waals surface area contributed by atoms with Crippen molar-refractivity contribution in [1.29, 1.82) is 0 Å². The van der Waals surface area contributed by atoms with Crippen LogP contribution in [0.4, 0.5) is 0 Å². The lowest BCUT2D eigenvalue weighted by atomic mass is 9.85. The van der Waals surface area contributed by atoms with Gasteiger partial charge in [-0.25, -0.2) is 4.79 Å². The van der Waals surface area contributed by atoms with E-state index in [0.717, 1.165) is 18.4 Å². The summed E-state index contributed by atoms with van der Waals surface area (Å²) in [6, 6.07) is 0. The van der Waals surface area contributed by atoms with E-state index in [1.165, 1.54) is 0 Å². The fourth-order valence-corrected chi connectivity index (χ4v) is 13.7. The zero-order valence-electron chi connectivity index (χ0n) is 50.0. The van der Waals surface area contributed by atoms with Crippen molar-refractivity contribution in [2.75, 3.05) is 7.11 Å². The summed E-state index contributed by atoms with van der Waals surface area (Å²) in [6.45, 7) is 61.5. The van der Waals surface area contributed by atoms with Crippen LogP contribution in [0.2, 0.25) is 72.5 Å². The maximum atomic E-state index is 14.0. The maximum absolute atomic E-state index is 14.0. The Morgan fingerprint density at radius 1 is 0.667 bits per heavy atom. The number of methoxy groups -OCH3 is 1. The van der Waals surface area contributed by atoms with E-state index < -0.39 is 33.3 Å². The highest BCUT2D eigenvalue weighted by molar-refractivity contribution is 6.75. The summed E-state index contributed by atoms with van der Waals surface area (Å²) in [6.07, 6.45) is 15.4. The summed E-state index contributed by atoms with van der Waals surface area (Å²) < 4.78 is 48.3. The van der Waals surface area contributed by atoms with Gasteiger partial charge in [0.25, 0.3) is 0 Å². The van der Waals surface area contributed by atoms with Crippen molar-refractivity contribution in [3.63, 3.8) is 0 Å². The van der Waals surface area contributed by atoms with Crippen LogP contribution in [0.1, 0.15) is 157 Å². The molecule has 0 amide bonds. The number of hydrogen-bond donors (Lipinski definition) is 0. The van der Waals surface area contributed by atoms with Crippen molar-refractivity contribution >= 4 is 39.2 Å². The van der Waals surface area contributed by atoms with Crippen LogP contribution in [0.25, 0.3) is 0 Å². The first-order valence-electron chi connectivity index (χ1n) is 26.8. The number of fused-ring (bicyclic) bond motifs is 1. The summed E-state index contributed by atoms with van der Waals surface area (Å²) in [5.41, 5.74) is 1.61. The SMILES string of the molecule is CO[C@@H](C)[C@@H](C)[C@H](O[Si](C)(C)C(C)(C)C)[C@H](C)[C@H](C/C=C/C[C@H](C)[C@@H]1C/C=C/C[C@@H](O[Si](C)(C)C(C)(C)C)[C@@H]2O[C@H]2[C@@H](O[Si](C)(C)C(C)(C)C)[C@H](C)/C=C(C)/C=C(\C)C(=O)O1)O[Si](C)(C)C(C)(C)C. The summed E-state index contributed by atoms with van der Waals surface area (Å²) in [5, 5.41) is 0.206. The zero-order valence-corrected chi connectivity index (χ0v) is 54.0. The number of esters is 1. The molecule has 1 saturated heterocycles. The number of cyclic esters (lactones) is 1. The Kier molecular flexibility index (Phi) is 22.9. The number of epoxide rings is 1. The third kappa shape index (κ3) is 18.1. The van der Waals surface area contributed by atoms with E-state index in [0.29, 0.717) is 18.4 Å². The van der Waals surface area contributed by atoms with E-state index in [2.05, 4.69) is 207 Å². The molecule has 2 heterocycles. The van der Waals surface area contributed by atoms with Crippen LogP contribution in [-0.2, 0) is 36.7 Å². The second-order valence-electron chi connectivity index (χ2n) is 27.6. The Hall–Kier alpha value is -0.942. The molecule has 69 heavy (non-hydrogen) atoms. The molecule has 0 saturated carbocycles. The van der Waals surface area contributed by atoms with Crippen LogP contribution in [0, 0.1) is 23.7 Å². The smallest absolute Gasteiger partial charge is 0.334 e. The Balaban J connectivity index is 2.58. The molecule has 0 aromatic rings. The van der Waals surface area contributed by atoms with Gasteiger partial charge in [-0.05, 0) is 125 Å². The molecule has 1 fully saturated rings. The highest BCUT2D eigenvalue weighted by Gasteiger charge is 2.56. The molecule has 8 nitrogen and oxygen atoms in total. The molecule has 12 atom stereocenters. The molecule has 2 rings (SSSR count). The molecule has 0 aromatic heterocycles. The quantitative estimate of drug-likeness (QED) is 0.0581. The molecule has 0 radical (unpaired) electrons. The Morgan fingerprint density at radius 2 is 1.14 bits per heavy atom. The monoisotopic (exact) mass is 1030 g/mol. The second kappa shape index (κ2) is 24.6. The van der Waals surface area contributed by atoms with Gasteiger partial charge in [0.15, 0.2) is 33.3 Å². The number of carbonyl (C=O) groups excluding carboxylic acids is 1. The van der Waals surface area contributed by atoms with Crippen molar-refractivity contribution in [3.8, 4) is 0 Å². The van der Waals surface area contributed by atoms with Crippen LogP contribution in [0.5, 0.6) is 0 Å². The molecule has 0 aromatic carbocycles. The van der Waals surface area contributed by atoms with Gasteiger partial charge in [0, 0.05) is 36.9 Å². The number of ether oxygens (including phenoxy) is 3. The van der Waals surface area contributed by atoms with E-state index in [9.17, 15) is 4.79 Å². The fraction of sp³-hybridized carbons (Fsp3) is 0.842. The van der Waals surface area contributed by atoms with Crippen LogP contribution in [0.3, 0.4) is 0 Å². The molecule has 12 heteroatoms. The van der Waals surface area contributed by atoms with Gasteiger partial charge in [-0.3, -0.25) is 0 Å². The van der Waals surface area contributed by atoms with E-state index in [4.69, 9.17) is 31.9 Å². The highest BCUT2D eigenvalue weighted by atomic mass is 28.4. The van der Waals surface area contributed by atoms with E-state index in [1.807, 2.05) is 13.0 Å². The minimum Gasteiger partial charge on any atom is -0.458 e. The normalized spacial score (nSPS) is 28.3. The van der Waals surface area contributed by atoms with Crippen molar-refractivity contribution in [2.24, 2.45) is 23.7 Å². The molecule has 0 bridgehead atoms.